The van der Waals surface area contributed by atoms with Gasteiger partial charge in [-0.05, 0) is 30.7 Å². The lowest BCUT2D eigenvalue weighted by Crippen LogP contribution is -2.13. The van der Waals surface area contributed by atoms with Gasteiger partial charge in [-0.1, -0.05) is 42.5 Å². The van der Waals surface area contributed by atoms with E-state index in [1.807, 2.05) is 61.5 Å². The van der Waals surface area contributed by atoms with Crippen LogP contribution in [0.2, 0.25) is 0 Å². The molecule has 0 bridgehead atoms. The molecule has 0 aliphatic carbocycles. The van der Waals surface area contributed by atoms with Gasteiger partial charge >= 0.3 is 0 Å². The number of aryl methyl sites for hydroxylation is 1. The number of anilines is 1. The van der Waals surface area contributed by atoms with Crippen LogP contribution in [0.1, 0.15) is 11.1 Å². The molecular weight excluding hydrogens is 312 g/mol. The lowest BCUT2D eigenvalue weighted by molar-refractivity contribution is -0.112. The fraction of sp³-hybridized carbons (Fsp3) is 0.0500. The number of nitriles is 1. The van der Waals surface area contributed by atoms with Crippen LogP contribution in [-0.4, -0.2) is 16.1 Å². The van der Waals surface area contributed by atoms with Crippen LogP contribution in [0.5, 0.6) is 0 Å². The number of nitrogens with one attached hydrogen (secondary N) is 2. The maximum absolute atomic E-state index is 12.4. The molecule has 2 N–H and O–H groups in total. The largest absolute Gasteiger partial charge is 0.321 e. The molecule has 0 saturated heterocycles. The summed E-state index contributed by atoms with van der Waals surface area (Å²) in [5, 5.41) is 19.1. The second-order valence-electron chi connectivity index (χ2n) is 5.56. The molecule has 5 nitrogen and oxygen atoms in total. The number of carbonyl (C=O) groups excluding carboxylic acids is 1. The number of aromatic nitrogens is 2. The highest BCUT2D eigenvalue weighted by atomic mass is 16.1. The topological polar surface area (TPSA) is 81.6 Å². The highest BCUT2D eigenvalue weighted by molar-refractivity contribution is 6.10. The van der Waals surface area contributed by atoms with E-state index in [2.05, 4.69) is 15.5 Å². The molecule has 0 aliphatic heterocycles. The van der Waals surface area contributed by atoms with E-state index < -0.39 is 5.91 Å². The summed E-state index contributed by atoms with van der Waals surface area (Å²) >= 11 is 0. The van der Waals surface area contributed by atoms with Crippen LogP contribution < -0.4 is 5.32 Å². The van der Waals surface area contributed by atoms with Crippen LogP contribution in [0.4, 0.5) is 5.69 Å². The molecule has 0 unspecified atom stereocenters. The zero-order valence-corrected chi connectivity index (χ0v) is 13.7. The highest BCUT2D eigenvalue weighted by Crippen LogP contribution is 2.23. The Morgan fingerprint density at radius 3 is 2.72 bits per heavy atom. The molecule has 25 heavy (non-hydrogen) atoms. The summed E-state index contributed by atoms with van der Waals surface area (Å²) < 4.78 is 0. The zero-order valence-electron chi connectivity index (χ0n) is 13.7. The van der Waals surface area contributed by atoms with E-state index in [0.29, 0.717) is 11.3 Å². The molecule has 0 atom stereocenters. The van der Waals surface area contributed by atoms with Crippen LogP contribution >= 0.6 is 0 Å². The average molecular weight is 328 g/mol. The van der Waals surface area contributed by atoms with Crippen LogP contribution in [0.15, 0.2) is 66.4 Å². The predicted octanol–water partition coefficient (Wildman–Crippen LogP) is 3.93. The van der Waals surface area contributed by atoms with E-state index in [1.54, 1.807) is 12.3 Å². The summed E-state index contributed by atoms with van der Waals surface area (Å²) in [5.74, 6) is -0.451. The van der Waals surface area contributed by atoms with Gasteiger partial charge < -0.3 is 5.32 Å². The number of hydrogen-bond donors (Lipinski definition) is 2. The van der Waals surface area contributed by atoms with E-state index >= 15 is 0 Å². The second kappa shape index (κ2) is 7.28. The lowest BCUT2D eigenvalue weighted by Gasteiger charge is -2.05. The monoisotopic (exact) mass is 328 g/mol. The zero-order chi connectivity index (χ0) is 17.6. The quantitative estimate of drug-likeness (QED) is 0.562. The third kappa shape index (κ3) is 3.82. The van der Waals surface area contributed by atoms with Gasteiger partial charge in [0.05, 0.1) is 11.9 Å². The standard InChI is InChI=1S/C20H16N4O/c1-14-6-5-9-18(10-14)23-20(25)16(12-21)11-17-13-22-24-19(17)15-7-3-2-4-8-15/h2-11,13H,1H3,(H,22,24)(H,23,25)/b16-11-. The summed E-state index contributed by atoms with van der Waals surface area (Å²) in [6.07, 6.45) is 3.14. The van der Waals surface area contributed by atoms with Crippen molar-refractivity contribution in [3.8, 4) is 17.3 Å². The van der Waals surface area contributed by atoms with Crippen molar-refractivity contribution in [1.29, 1.82) is 5.26 Å². The van der Waals surface area contributed by atoms with Crippen molar-refractivity contribution in [3.63, 3.8) is 0 Å². The van der Waals surface area contributed by atoms with Gasteiger partial charge in [-0.3, -0.25) is 9.89 Å². The summed E-state index contributed by atoms with van der Waals surface area (Å²) in [7, 11) is 0. The van der Waals surface area contributed by atoms with Gasteiger partial charge in [0, 0.05) is 16.8 Å². The van der Waals surface area contributed by atoms with Gasteiger partial charge in [-0.15, -0.1) is 0 Å². The first-order valence-corrected chi connectivity index (χ1v) is 7.76. The molecular formula is C20H16N4O. The van der Waals surface area contributed by atoms with Gasteiger partial charge in [0.2, 0.25) is 0 Å². The minimum Gasteiger partial charge on any atom is -0.321 e. The molecule has 2 aromatic carbocycles. The van der Waals surface area contributed by atoms with Gasteiger partial charge in [-0.2, -0.15) is 10.4 Å². The average Bonchev–Trinajstić information content (AvgIpc) is 3.08. The van der Waals surface area contributed by atoms with Gasteiger partial charge in [0.1, 0.15) is 11.6 Å². The summed E-state index contributed by atoms with van der Waals surface area (Å²) in [6, 6.07) is 19.0. The van der Waals surface area contributed by atoms with E-state index in [4.69, 9.17) is 0 Å². The highest BCUT2D eigenvalue weighted by Gasteiger charge is 2.12. The first-order valence-electron chi connectivity index (χ1n) is 7.76. The van der Waals surface area contributed by atoms with Crippen LogP contribution in [-0.2, 0) is 4.79 Å². The van der Waals surface area contributed by atoms with E-state index in [9.17, 15) is 10.1 Å². The number of nitrogens with zero attached hydrogens (tertiary/aromatic N) is 2. The molecule has 1 aromatic heterocycles. The van der Waals surface area contributed by atoms with Crippen molar-refractivity contribution in [2.24, 2.45) is 0 Å². The molecule has 1 amide bonds. The Hall–Kier alpha value is -3.65. The van der Waals surface area contributed by atoms with Crippen molar-refractivity contribution < 1.29 is 4.79 Å². The molecule has 3 rings (SSSR count). The van der Waals surface area contributed by atoms with Crippen molar-refractivity contribution in [1.82, 2.24) is 10.2 Å². The SMILES string of the molecule is Cc1cccc(NC(=O)/C(C#N)=C\c2cn[nH]c2-c2ccccc2)c1. The Kier molecular flexibility index (Phi) is 4.72. The number of H-pyrrole nitrogens is 1. The first-order chi connectivity index (χ1) is 12.2. The normalized spacial score (nSPS) is 11.0. The number of amides is 1. The maximum Gasteiger partial charge on any atom is 0.266 e. The fourth-order valence-corrected chi connectivity index (χ4v) is 2.47. The third-order valence-electron chi connectivity index (χ3n) is 3.67. The molecule has 0 aliphatic rings. The molecule has 0 radical (unpaired) electrons. The Morgan fingerprint density at radius 2 is 2.00 bits per heavy atom. The van der Waals surface area contributed by atoms with Crippen molar-refractivity contribution in [3.05, 3.63) is 77.5 Å². The first kappa shape index (κ1) is 16.2. The summed E-state index contributed by atoms with van der Waals surface area (Å²) in [4.78, 5) is 12.4. The number of rotatable bonds is 4. The van der Waals surface area contributed by atoms with Gasteiger partial charge in [-0.25, -0.2) is 0 Å². The fourth-order valence-electron chi connectivity index (χ4n) is 2.47. The van der Waals surface area contributed by atoms with Crippen LogP contribution in [0.3, 0.4) is 0 Å². The van der Waals surface area contributed by atoms with Crippen LogP contribution in [0.25, 0.3) is 17.3 Å². The molecule has 0 fully saturated rings. The molecule has 0 saturated carbocycles. The maximum atomic E-state index is 12.4. The van der Waals surface area contributed by atoms with Gasteiger partial charge in [0.25, 0.3) is 5.91 Å². The van der Waals surface area contributed by atoms with Crippen LogP contribution in [0, 0.1) is 18.3 Å². The number of aromatic amines is 1. The van der Waals surface area contributed by atoms with Crippen molar-refractivity contribution in [2.45, 2.75) is 6.92 Å². The van der Waals surface area contributed by atoms with E-state index in [-0.39, 0.29) is 5.57 Å². The smallest absolute Gasteiger partial charge is 0.266 e. The Bertz CT molecular complexity index is 965. The van der Waals surface area contributed by atoms with E-state index in [0.717, 1.165) is 16.8 Å². The lowest BCUT2D eigenvalue weighted by atomic mass is 10.1. The number of benzene rings is 2. The third-order valence-corrected chi connectivity index (χ3v) is 3.67. The number of hydrogen-bond acceptors (Lipinski definition) is 3. The van der Waals surface area contributed by atoms with Crippen molar-refractivity contribution in [2.75, 3.05) is 5.32 Å². The summed E-state index contributed by atoms with van der Waals surface area (Å²) in [5.41, 5.74) is 4.07. The van der Waals surface area contributed by atoms with E-state index in [1.165, 1.54) is 6.08 Å². The molecule has 3 aromatic rings. The second-order valence-corrected chi connectivity index (χ2v) is 5.56. The molecule has 0 spiro atoms. The molecule has 122 valence electrons. The minimum atomic E-state index is -0.451. The molecule has 1 heterocycles. The predicted molar refractivity (Wildman–Crippen MR) is 97.4 cm³/mol. The van der Waals surface area contributed by atoms with Gasteiger partial charge in [0.15, 0.2) is 0 Å². The van der Waals surface area contributed by atoms with Crippen molar-refractivity contribution >= 4 is 17.7 Å². The summed E-state index contributed by atoms with van der Waals surface area (Å²) in [6.45, 7) is 1.94. The Labute approximate surface area is 145 Å². The number of carbonyl (C=O) groups is 1. The Morgan fingerprint density at radius 1 is 1.20 bits per heavy atom. The molecule has 5 heteroatoms. The minimum absolute atomic E-state index is 0.0140. The Balaban J connectivity index is 1.88.